The lowest BCUT2D eigenvalue weighted by Gasteiger charge is -2.26. The molecule has 0 fully saturated rings. The van der Waals surface area contributed by atoms with E-state index in [2.05, 4.69) is 15.6 Å². The molecule has 0 saturated heterocycles. The Morgan fingerprint density at radius 3 is 2.46 bits per heavy atom. The Hall–Kier alpha value is -4.41. The molecule has 0 radical (unpaired) electrons. The minimum atomic E-state index is -1.22. The molecule has 11 heteroatoms. The average molecular weight is 509 g/mol. The Kier molecular flexibility index (Phi) is 8.49. The van der Waals surface area contributed by atoms with Gasteiger partial charge >= 0.3 is 0 Å². The molecule has 2 atom stereocenters. The molecule has 2 aromatic heterocycles. The number of anilines is 1. The summed E-state index contributed by atoms with van der Waals surface area (Å²) in [5, 5.41) is 5.64. The van der Waals surface area contributed by atoms with Gasteiger partial charge in [-0.25, -0.2) is 4.98 Å². The largest absolute Gasteiger partial charge is 0.496 e. The molecule has 0 aliphatic heterocycles. The Morgan fingerprint density at radius 2 is 1.86 bits per heavy atom. The fourth-order valence-corrected chi connectivity index (χ4v) is 4.31. The number of benzene rings is 1. The number of carbonyl (C=O) groups excluding carboxylic acids is 4. The SMILES string of the molecule is CNC(=O)C(=O)[C@H](Cc1cccnc1N)NC(=O)[C@H](CC(C)C)n1c(C(N)=O)cc2c(OC)cccc21. The van der Waals surface area contributed by atoms with Crippen LogP contribution in [0.3, 0.4) is 0 Å². The minimum absolute atomic E-state index is 0.0293. The van der Waals surface area contributed by atoms with E-state index < -0.39 is 35.6 Å². The van der Waals surface area contributed by atoms with Crippen molar-refractivity contribution >= 4 is 40.2 Å². The molecule has 3 rings (SSSR count). The zero-order valence-electron chi connectivity index (χ0n) is 21.3. The second-order valence-corrected chi connectivity index (χ2v) is 9.06. The van der Waals surface area contributed by atoms with Crippen molar-refractivity contribution in [3.8, 4) is 5.75 Å². The molecule has 37 heavy (non-hydrogen) atoms. The number of amides is 3. The number of pyridine rings is 1. The van der Waals surface area contributed by atoms with Crippen LogP contribution in [0.2, 0.25) is 0 Å². The smallest absolute Gasteiger partial charge is 0.289 e. The van der Waals surface area contributed by atoms with E-state index in [0.29, 0.717) is 28.6 Å². The highest BCUT2D eigenvalue weighted by Crippen LogP contribution is 2.33. The molecule has 3 amide bonds. The number of carbonyl (C=O) groups is 4. The van der Waals surface area contributed by atoms with Crippen LogP contribution in [-0.2, 0) is 20.8 Å². The van der Waals surface area contributed by atoms with E-state index in [4.69, 9.17) is 16.2 Å². The van der Waals surface area contributed by atoms with Crippen LogP contribution in [-0.4, -0.2) is 53.3 Å². The summed E-state index contributed by atoms with van der Waals surface area (Å²) in [5.74, 6) is -2.24. The van der Waals surface area contributed by atoms with Gasteiger partial charge < -0.3 is 31.4 Å². The van der Waals surface area contributed by atoms with Crippen LogP contribution in [0, 0.1) is 5.92 Å². The van der Waals surface area contributed by atoms with Crippen molar-refractivity contribution in [3.63, 3.8) is 0 Å². The number of likely N-dealkylation sites (N-methyl/N-ethyl adjacent to an activating group) is 1. The van der Waals surface area contributed by atoms with Crippen molar-refractivity contribution in [2.75, 3.05) is 19.9 Å². The number of methoxy groups -OCH3 is 1. The zero-order chi connectivity index (χ0) is 27.3. The standard InChI is InChI=1S/C26H32N6O5/c1-14(2)11-20(32-18-8-5-9-21(37-4)16(18)13-19(32)24(28)34)25(35)31-17(22(33)26(36)29-3)12-15-7-6-10-30-23(15)27/h5-10,13-14,17,20H,11-12H2,1-4H3,(H2,27,30)(H2,28,34)(H,29,36)(H,31,35)/t17-,20-/m0/s1. The van der Waals surface area contributed by atoms with Gasteiger partial charge in [-0.15, -0.1) is 0 Å². The third-order valence-corrected chi connectivity index (χ3v) is 6.06. The number of nitrogens with zero attached hydrogens (tertiary/aromatic N) is 2. The van der Waals surface area contributed by atoms with Crippen molar-refractivity contribution < 1.29 is 23.9 Å². The summed E-state index contributed by atoms with van der Waals surface area (Å²) < 4.78 is 7.00. The highest BCUT2D eigenvalue weighted by atomic mass is 16.5. The van der Waals surface area contributed by atoms with Crippen LogP contribution in [0.15, 0.2) is 42.6 Å². The van der Waals surface area contributed by atoms with Crippen LogP contribution in [0.25, 0.3) is 10.9 Å². The number of primary amides is 1. The van der Waals surface area contributed by atoms with E-state index in [0.717, 1.165) is 0 Å². The number of ether oxygens (including phenoxy) is 1. The van der Waals surface area contributed by atoms with Crippen LogP contribution in [0.1, 0.15) is 42.4 Å². The summed E-state index contributed by atoms with van der Waals surface area (Å²) in [5.41, 5.74) is 12.8. The van der Waals surface area contributed by atoms with E-state index in [1.165, 1.54) is 20.4 Å². The first kappa shape index (κ1) is 27.2. The number of Topliss-reactive ketones (excluding diaryl/α,β-unsaturated/α-hetero) is 1. The third kappa shape index (κ3) is 5.88. The average Bonchev–Trinajstić information content (AvgIpc) is 3.26. The number of hydrogen-bond acceptors (Lipinski definition) is 7. The van der Waals surface area contributed by atoms with Gasteiger partial charge in [-0.3, -0.25) is 19.2 Å². The number of hydrogen-bond donors (Lipinski definition) is 4. The second kappa shape index (κ2) is 11.5. The predicted octanol–water partition coefficient (Wildman–Crippen LogP) is 1.36. The number of fused-ring (bicyclic) bond motifs is 1. The first-order valence-corrected chi connectivity index (χ1v) is 11.8. The van der Waals surface area contributed by atoms with Crippen LogP contribution in [0.5, 0.6) is 5.75 Å². The van der Waals surface area contributed by atoms with Crippen molar-refractivity contribution in [1.82, 2.24) is 20.2 Å². The maximum Gasteiger partial charge on any atom is 0.289 e. The molecule has 0 spiro atoms. The molecule has 2 heterocycles. The summed E-state index contributed by atoms with van der Waals surface area (Å²) in [6.45, 7) is 3.86. The lowest BCUT2D eigenvalue weighted by molar-refractivity contribution is -0.140. The van der Waals surface area contributed by atoms with Gasteiger partial charge in [-0.1, -0.05) is 26.0 Å². The van der Waals surface area contributed by atoms with E-state index >= 15 is 0 Å². The van der Waals surface area contributed by atoms with Crippen molar-refractivity contribution in [1.29, 1.82) is 0 Å². The lowest BCUT2D eigenvalue weighted by Crippen LogP contribution is -2.50. The van der Waals surface area contributed by atoms with Crippen molar-refractivity contribution in [3.05, 3.63) is 53.9 Å². The normalized spacial score (nSPS) is 12.7. The molecule has 0 aliphatic rings. The second-order valence-electron chi connectivity index (χ2n) is 9.06. The van der Waals surface area contributed by atoms with Crippen LogP contribution < -0.4 is 26.8 Å². The monoisotopic (exact) mass is 508 g/mol. The predicted molar refractivity (Wildman–Crippen MR) is 139 cm³/mol. The fourth-order valence-electron chi connectivity index (χ4n) is 4.31. The minimum Gasteiger partial charge on any atom is -0.496 e. The van der Waals surface area contributed by atoms with Crippen molar-refractivity contribution in [2.24, 2.45) is 11.7 Å². The molecule has 0 bridgehead atoms. The quantitative estimate of drug-likeness (QED) is 0.283. The number of nitrogens with two attached hydrogens (primary N) is 2. The van der Waals surface area contributed by atoms with Gasteiger partial charge in [-0.05, 0) is 42.2 Å². The molecular formula is C26H32N6O5. The summed E-state index contributed by atoms with van der Waals surface area (Å²) in [6.07, 6.45) is 1.78. The Bertz CT molecular complexity index is 1330. The molecule has 0 saturated carbocycles. The number of nitrogen functional groups attached to an aromatic ring is 1. The van der Waals surface area contributed by atoms with Gasteiger partial charge in [0.05, 0.1) is 12.6 Å². The molecule has 11 nitrogen and oxygen atoms in total. The Morgan fingerprint density at radius 1 is 1.14 bits per heavy atom. The number of aromatic nitrogens is 2. The fraction of sp³-hybridized carbons (Fsp3) is 0.346. The summed E-state index contributed by atoms with van der Waals surface area (Å²) in [6, 6.07) is 8.01. The van der Waals surface area contributed by atoms with Gasteiger partial charge in [0.2, 0.25) is 11.7 Å². The Balaban J connectivity index is 2.09. The molecule has 196 valence electrons. The van der Waals surface area contributed by atoms with Crippen LogP contribution in [0.4, 0.5) is 5.82 Å². The van der Waals surface area contributed by atoms with E-state index in [9.17, 15) is 19.2 Å². The molecular weight excluding hydrogens is 476 g/mol. The van der Waals surface area contributed by atoms with Gasteiger partial charge in [0.25, 0.3) is 11.8 Å². The van der Waals surface area contributed by atoms with E-state index in [1.54, 1.807) is 41.0 Å². The highest BCUT2D eigenvalue weighted by Gasteiger charge is 2.33. The Labute approximate surface area is 214 Å². The van der Waals surface area contributed by atoms with Gasteiger partial charge in [0, 0.05) is 25.1 Å². The first-order valence-electron chi connectivity index (χ1n) is 11.8. The molecule has 6 N–H and O–H groups in total. The van der Waals surface area contributed by atoms with E-state index in [1.807, 2.05) is 13.8 Å². The number of nitrogens with one attached hydrogen (secondary N) is 2. The number of rotatable bonds is 11. The topological polar surface area (TPSA) is 171 Å². The summed E-state index contributed by atoms with van der Waals surface area (Å²) >= 11 is 0. The number of ketones is 1. The summed E-state index contributed by atoms with van der Waals surface area (Å²) in [4.78, 5) is 55.4. The van der Waals surface area contributed by atoms with Gasteiger partial charge in [0.1, 0.15) is 29.3 Å². The van der Waals surface area contributed by atoms with Crippen LogP contribution >= 0.6 is 0 Å². The molecule has 3 aromatic rings. The molecule has 0 unspecified atom stereocenters. The maximum absolute atomic E-state index is 13.8. The third-order valence-electron chi connectivity index (χ3n) is 6.06. The first-order chi connectivity index (χ1) is 17.6. The maximum atomic E-state index is 13.8. The molecule has 1 aromatic carbocycles. The highest BCUT2D eigenvalue weighted by molar-refractivity contribution is 6.38. The van der Waals surface area contributed by atoms with E-state index in [-0.39, 0.29) is 23.9 Å². The van der Waals surface area contributed by atoms with Crippen molar-refractivity contribution in [2.45, 2.75) is 38.8 Å². The summed E-state index contributed by atoms with van der Waals surface area (Å²) in [7, 11) is 2.84. The van der Waals surface area contributed by atoms with Gasteiger partial charge in [0.15, 0.2) is 0 Å². The molecule has 0 aliphatic carbocycles. The van der Waals surface area contributed by atoms with Gasteiger partial charge in [-0.2, -0.15) is 0 Å². The lowest BCUT2D eigenvalue weighted by atomic mass is 9.99. The zero-order valence-corrected chi connectivity index (χ0v) is 21.3.